The van der Waals surface area contributed by atoms with Crippen LogP contribution in [-0.4, -0.2) is 38.1 Å². The SMILES string of the molecule is [2H]C(Nc1cc(Cl)c2ncc(C#N)c(NN3CCCC3)c2c1)(c1ccc(F)cc1)c1cn(C2CC2)nn1. The molecule has 1 unspecified atom stereocenters. The Kier molecular flexibility index (Phi) is 5.61. The van der Waals surface area contributed by atoms with Crippen LogP contribution in [0.5, 0.6) is 0 Å². The molecular formula is C26H24ClFN8. The number of hydrogen-bond acceptors (Lipinski definition) is 7. The number of aromatic nitrogens is 4. The Morgan fingerprint density at radius 1 is 1.19 bits per heavy atom. The summed E-state index contributed by atoms with van der Waals surface area (Å²) in [4.78, 5) is 4.43. The van der Waals surface area contributed by atoms with Gasteiger partial charge in [0.1, 0.15) is 17.6 Å². The summed E-state index contributed by atoms with van der Waals surface area (Å²) in [6.45, 7) is 1.74. The maximum Gasteiger partial charge on any atom is 0.123 e. The third-order valence-corrected chi connectivity index (χ3v) is 6.80. The number of nitrogens with zero attached hydrogens (tertiary/aromatic N) is 6. The molecule has 6 rings (SSSR count). The number of hydrogen-bond donors (Lipinski definition) is 2. The van der Waals surface area contributed by atoms with Gasteiger partial charge in [0.15, 0.2) is 0 Å². The number of nitriles is 1. The van der Waals surface area contributed by atoms with E-state index in [0.717, 1.165) is 38.8 Å². The lowest BCUT2D eigenvalue weighted by Gasteiger charge is -2.22. The van der Waals surface area contributed by atoms with E-state index in [1.165, 1.54) is 18.3 Å². The van der Waals surface area contributed by atoms with Crippen LogP contribution in [0.1, 0.15) is 55.9 Å². The van der Waals surface area contributed by atoms with Crippen LogP contribution in [0.4, 0.5) is 15.8 Å². The molecule has 1 aliphatic heterocycles. The molecule has 8 nitrogen and oxygen atoms in total. The molecule has 3 heterocycles. The van der Waals surface area contributed by atoms with Crippen molar-refractivity contribution >= 4 is 33.9 Å². The monoisotopic (exact) mass is 503 g/mol. The Bertz CT molecular complexity index is 1510. The zero-order chi connectivity index (χ0) is 25.6. The largest absolute Gasteiger partial charge is 0.373 e. The summed E-state index contributed by atoms with van der Waals surface area (Å²) in [7, 11) is 0. The van der Waals surface area contributed by atoms with E-state index in [4.69, 9.17) is 11.6 Å². The lowest BCUT2D eigenvalue weighted by Crippen LogP contribution is -2.26. The van der Waals surface area contributed by atoms with Crippen LogP contribution in [-0.2, 0) is 0 Å². The highest BCUT2D eigenvalue weighted by molar-refractivity contribution is 6.35. The normalized spacial score (nSPS) is 18.0. The van der Waals surface area contributed by atoms with Crippen LogP contribution in [0.25, 0.3) is 10.9 Å². The van der Waals surface area contributed by atoms with Crippen molar-refractivity contribution in [3.63, 3.8) is 0 Å². The summed E-state index contributed by atoms with van der Waals surface area (Å²) in [5.41, 5.74) is 6.35. The van der Waals surface area contributed by atoms with E-state index in [1.54, 1.807) is 29.1 Å². The lowest BCUT2D eigenvalue weighted by atomic mass is 10.0. The van der Waals surface area contributed by atoms with Crippen molar-refractivity contribution in [3.05, 3.63) is 76.5 Å². The van der Waals surface area contributed by atoms with Crippen molar-refractivity contribution in [1.29, 1.82) is 5.26 Å². The Hall–Kier alpha value is -3.74. The highest BCUT2D eigenvalue weighted by Gasteiger charge is 2.27. The Morgan fingerprint density at radius 3 is 2.69 bits per heavy atom. The predicted octanol–water partition coefficient (Wildman–Crippen LogP) is 5.45. The second-order valence-electron chi connectivity index (χ2n) is 9.14. The molecule has 0 bridgehead atoms. The van der Waals surface area contributed by atoms with E-state index in [2.05, 4.69) is 37.1 Å². The number of anilines is 2. The standard InChI is InChI=1S/C26H24ClFN8/c27-22-12-19(11-21-24(33-35-9-1-2-10-35)17(13-29)14-30-26(21)22)31-25(16-3-5-18(28)6-4-16)23-15-36(34-32-23)20-7-8-20/h3-6,11-12,14-15,20,25,31H,1-2,7-10H2,(H,30,33)/i25D. The van der Waals surface area contributed by atoms with E-state index in [-0.39, 0.29) is 0 Å². The van der Waals surface area contributed by atoms with Gasteiger partial charge in [-0.15, -0.1) is 5.10 Å². The molecule has 182 valence electrons. The van der Waals surface area contributed by atoms with Crippen molar-refractivity contribution in [2.45, 2.75) is 37.7 Å². The van der Waals surface area contributed by atoms with E-state index in [0.29, 0.717) is 50.2 Å². The van der Waals surface area contributed by atoms with Gasteiger partial charge < -0.3 is 10.7 Å². The summed E-state index contributed by atoms with van der Waals surface area (Å²) >= 11 is 6.67. The summed E-state index contributed by atoms with van der Waals surface area (Å²) in [5, 5.41) is 24.7. The van der Waals surface area contributed by atoms with Crippen LogP contribution in [0, 0.1) is 17.1 Å². The molecule has 1 aliphatic carbocycles. The maximum absolute atomic E-state index is 13.8. The smallest absolute Gasteiger partial charge is 0.123 e. The summed E-state index contributed by atoms with van der Waals surface area (Å²) in [6, 6.07) is 10.2. The summed E-state index contributed by atoms with van der Waals surface area (Å²) < 4.78 is 25.0. The van der Waals surface area contributed by atoms with Gasteiger partial charge in [-0.3, -0.25) is 4.98 Å². The Labute approximate surface area is 214 Å². The number of rotatable bonds is 7. The summed E-state index contributed by atoms with van der Waals surface area (Å²) in [6.07, 6.45) is 7.48. The van der Waals surface area contributed by atoms with E-state index in [1.807, 2.05) is 6.07 Å². The maximum atomic E-state index is 13.8. The van der Waals surface area contributed by atoms with Gasteiger partial charge in [-0.2, -0.15) is 5.26 Å². The fourth-order valence-corrected chi connectivity index (χ4v) is 4.75. The van der Waals surface area contributed by atoms with Crippen LogP contribution in [0.15, 0.2) is 48.8 Å². The van der Waals surface area contributed by atoms with Gasteiger partial charge in [0.05, 0.1) is 41.4 Å². The molecule has 0 spiro atoms. The minimum Gasteiger partial charge on any atom is -0.373 e. The number of pyridine rings is 1. The molecule has 1 atom stereocenters. The quantitative estimate of drug-likeness (QED) is 0.346. The molecule has 1 saturated carbocycles. The first-order chi connectivity index (χ1) is 17.9. The van der Waals surface area contributed by atoms with E-state index in [9.17, 15) is 11.0 Å². The number of nitrogens with one attached hydrogen (secondary N) is 2. The third kappa shape index (κ3) is 4.45. The molecule has 10 heteroatoms. The number of benzene rings is 2. The molecule has 2 aromatic carbocycles. The second kappa shape index (κ2) is 9.37. The fourth-order valence-electron chi connectivity index (χ4n) is 4.48. The first-order valence-corrected chi connectivity index (χ1v) is 12.3. The Balaban J connectivity index is 1.45. The highest BCUT2D eigenvalue weighted by Crippen LogP contribution is 2.37. The molecule has 4 aromatic rings. The number of fused-ring (bicyclic) bond motifs is 1. The average molecular weight is 504 g/mol. The van der Waals surface area contributed by atoms with Gasteiger partial charge in [0.2, 0.25) is 0 Å². The van der Waals surface area contributed by atoms with E-state index < -0.39 is 11.8 Å². The molecule has 2 fully saturated rings. The van der Waals surface area contributed by atoms with Gasteiger partial charge in [-0.05, 0) is 55.5 Å². The third-order valence-electron chi connectivity index (χ3n) is 6.51. The predicted molar refractivity (Wildman–Crippen MR) is 136 cm³/mol. The molecule has 0 radical (unpaired) electrons. The van der Waals surface area contributed by atoms with E-state index >= 15 is 0 Å². The molecule has 0 amide bonds. The van der Waals surface area contributed by atoms with Gasteiger partial charge in [-0.25, -0.2) is 14.1 Å². The first-order valence-electron chi connectivity index (χ1n) is 12.4. The van der Waals surface area contributed by atoms with Crippen LogP contribution in [0.2, 0.25) is 5.02 Å². The van der Waals surface area contributed by atoms with Crippen molar-refractivity contribution in [3.8, 4) is 6.07 Å². The minimum atomic E-state index is -1.58. The van der Waals surface area contributed by atoms with Gasteiger partial charge in [-0.1, -0.05) is 28.9 Å². The average Bonchev–Trinajstić information content (AvgIpc) is 3.38. The second-order valence-corrected chi connectivity index (χ2v) is 9.55. The van der Waals surface area contributed by atoms with Crippen molar-refractivity contribution in [2.24, 2.45) is 0 Å². The fraction of sp³-hybridized carbons (Fsp3) is 0.308. The molecule has 1 saturated heterocycles. The van der Waals surface area contributed by atoms with Crippen LogP contribution < -0.4 is 10.7 Å². The van der Waals surface area contributed by atoms with Crippen molar-refractivity contribution in [2.75, 3.05) is 23.8 Å². The molecular weight excluding hydrogens is 479 g/mol. The zero-order valence-electron chi connectivity index (χ0n) is 20.4. The molecule has 2 aromatic heterocycles. The van der Waals surface area contributed by atoms with Gasteiger partial charge in [0, 0.05) is 30.4 Å². The van der Waals surface area contributed by atoms with Gasteiger partial charge in [0.25, 0.3) is 0 Å². The minimum absolute atomic E-state index is 0.295. The Morgan fingerprint density at radius 2 is 1.97 bits per heavy atom. The number of hydrazine groups is 1. The summed E-state index contributed by atoms with van der Waals surface area (Å²) in [5.74, 6) is -0.394. The lowest BCUT2D eigenvalue weighted by molar-refractivity contribution is 0.411. The van der Waals surface area contributed by atoms with Crippen LogP contribution >= 0.6 is 11.6 Å². The van der Waals surface area contributed by atoms with Gasteiger partial charge >= 0.3 is 0 Å². The topological polar surface area (TPSA) is 94.7 Å². The molecule has 2 aliphatic rings. The number of halogens is 2. The molecule has 36 heavy (non-hydrogen) atoms. The zero-order valence-corrected chi connectivity index (χ0v) is 20.1. The van der Waals surface area contributed by atoms with Crippen molar-refractivity contribution in [1.82, 2.24) is 25.0 Å². The molecule has 2 N–H and O–H groups in total. The van der Waals surface area contributed by atoms with Crippen molar-refractivity contribution < 1.29 is 5.76 Å². The highest BCUT2D eigenvalue weighted by atomic mass is 35.5. The van der Waals surface area contributed by atoms with Crippen LogP contribution in [0.3, 0.4) is 0 Å². The first kappa shape index (κ1) is 21.5.